The predicted octanol–water partition coefficient (Wildman–Crippen LogP) is -0.165. The van der Waals surface area contributed by atoms with Gasteiger partial charge in [-0.05, 0) is 0 Å². The minimum absolute atomic E-state index is 0.296. The zero-order valence-electron chi connectivity index (χ0n) is 3.56. The van der Waals surface area contributed by atoms with Gasteiger partial charge in [-0.25, -0.2) is 0 Å². The number of hydrogen-bond donors (Lipinski definition) is 2. The Morgan fingerprint density at radius 3 is 2.12 bits per heavy atom. The lowest BCUT2D eigenvalue weighted by Gasteiger charge is -1.88. The molecule has 0 bridgehead atoms. The first-order valence-electron chi connectivity index (χ1n) is 1.45. The molecule has 0 aliphatic rings. The second-order valence-electron chi connectivity index (χ2n) is 0.977. The van der Waals surface area contributed by atoms with Crippen LogP contribution in [0, 0.1) is 0 Å². The summed E-state index contributed by atoms with van der Waals surface area (Å²) < 4.78 is 9.81. The maximum absolute atomic E-state index is 9.83. The van der Waals surface area contributed by atoms with E-state index in [1.165, 1.54) is 0 Å². The molecule has 48 valence electrons. The molecule has 0 aliphatic heterocycles. The van der Waals surface area contributed by atoms with Gasteiger partial charge in [-0.1, -0.05) is 0 Å². The van der Waals surface area contributed by atoms with Crippen molar-refractivity contribution in [2.45, 2.75) is 0 Å². The quantitative estimate of drug-likeness (QED) is 0.544. The second kappa shape index (κ2) is 2.92. The third-order valence-corrected chi connectivity index (χ3v) is 2.96. The van der Waals surface area contributed by atoms with Crippen LogP contribution in [0.1, 0.15) is 0 Å². The fraction of sp³-hybridized carbons (Fsp3) is 0. The first kappa shape index (κ1) is 8.57. The zero-order valence-corrected chi connectivity index (χ0v) is 6.11. The van der Waals surface area contributed by atoms with Crippen LogP contribution in [-0.2, 0) is 4.57 Å². The third kappa shape index (κ3) is 6.57. The van der Waals surface area contributed by atoms with E-state index in [2.05, 4.69) is 0 Å². The van der Waals surface area contributed by atoms with Gasteiger partial charge in [0.25, 0.3) is 0 Å². The van der Waals surface area contributed by atoms with Crippen LogP contribution in [0.4, 0.5) is 0 Å². The molecule has 0 saturated heterocycles. The van der Waals surface area contributed by atoms with Gasteiger partial charge in [-0.2, -0.15) is 0 Å². The van der Waals surface area contributed by atoms with Crippen LogP contribution in [0.3, 0.4) is 0 Å². The highest BCUT2D eigenvalue weighted by atomic mass is 35.7. The summed E-state index contributed by atoms with van der Waals surface area (Å²) in [5.41, 5.74) is 0.296. The van der Waals surface area contributed by atoms with Crippen molar-refractivity contribution in [2.75, 3.05) is 0 Å². The molecule has 7 heteroatoms. The second-order valence-corrected chi connectivity index (χ2v) is 4.62. The molecule has 0 fully saturated rings. The molecular formula is CH3ClO4P2. The highest BCUT2D eigenvalue weighted by Gasteiger charge is 2.12. The first-order chi connectivity index (χ1) is 3.42. The van der Waals surface area contributed by atoms with Crippen molar-refractivity contribution in [3.8, 4) is 0 Å². The minimum atomic E-state index is -4.26. The van der Waals surface area contributed by atoms with Crippen molar-refractivity contribution < 1.29 is 19.2 Å². The smallest absolute Gasteiger partial charge is 0.391 e. The van der Waals surface area contributed by atoms with Gasteiger partial charge in [0.2, 0.25) is 5.54 Å². The lowest BCUT2D eigenvalue weighted by molar-refractivity contribution is -0.147. The van der Waals surface area contributed by atoms with Crippen LogP contribution < -0.4 is 4.89 Å². The Bertz CT molecular complexity index is 142. The Morgan fingerprint density at radius 1 is 1.75 bits per heavy atom. The summed E-state index contributed by atoms with van der Waals surface area (Å²) in [6.45, 7) is 0. The molecule has 1 unspecified atom stereocenters. The van der Waals surface area contributed by atoms with E-state index in [0.717, 1.165) is 0 Å². The fourth-order valence-electron chi connectivity index (χ4n) is 0.118. The maximum atomic E-state index is 9.83. The zero-order chi connectivity index (χ0) is 6.78. The van der Waals surface area contributed by atoms with E-state index in [9.17, 15) is 9.46 Å². The lowest BCUT2D eigenvalue weighted by atomic mass is 11.9. The fourth-order valence-corrected chi connectivity index (χ4v) is 2.09. The summed E-state index contributed by atoms with van der Waals surface area (Å²) in [4.78, 5) is 25.8. The summed E-state index contributed by atoms with van der Waals surface area (Å²) in [6, 6.07) is 0. The maximum Gasteiger partial charge on any atom is 0.391 e. The van der Waals surface area contributed by atoms with E-state index in [-0.39, 0.29) is 0 Å². The molecule has 0 aliphatic carbocycles. The Morgan fingerprint density at radius 2 is 2.12 bits per heavy atom. The van der Waals surface area contributed by atoms with E-state index < -0.39 is 14.7 Å². The normalized spacial score (nSPS) is 14.2. The van der Waals surface area contributed by atoms with Gasteiger partial charge in [-0.3, -0.25) is 4.57 Å². The van der Waals surface area contributed by atoms with Gasteiger partial charge in [0.1, 0.15) is 0 Å². The molecule has 4 nitrogen and oxygen atoms in total. The molecule has 0 aromatic carbocycles. The summed E-state index contributed by atoms with van der Waals surface area (Å²) in [5, 5.41) is 0. The molecule has 0 spiro atoms. The number of rotatable bonds is 1. The average Bonchev–Trinajstić information content (AvgIpc) is 1.21. The van der Waals surface area contributed by atoms with Crippen LogP contribution in [-0.4, -0.2) is 15.3 Å². The van der Waals surface area contributed by atoms with Crippen molar-refractivity contribution in [1.82, 2.24) is 0 Å². The van der Waals surface area contributed by atoms with Crippen LogP contribution in [0.2, 0.25) is 0 Å². The predicted molar refractivity (Wildman–Crippen MR) is 30.9 cm³/mol. The van der Waals surface area contributed by atoms with E-state index in [0.29, 0.717) is 5.54 Å². The van der Waals surface area contributed by atoms with E-state index in [4.69, 9.17) is 21.0 Å². The lowest BCUT2D eigenvalue weighted by Crippen LogP contribution is -1.83. The Labute approximate surface area is 51.5 Å². The Hall–Kier alpha value is 0.570. The summed E-state index contributed by atoms with van der Waals surface area (Å²) in [6.07, 6.45) is 0. The van der Waals surface area contributed by atoms with Gasteiger partial charge < -0.3 is 14.7 Å². The summed E-state index contributed by atoms with van der Waals surface area (Å²) in [5.74, 6) is 0. The van der Waals surface area contributed by atoms with Gasteiger partial charge >= 0.3 is 7.60 Å². The molecular weight excluding hydrogens is 173 g/mol. The molecule has 2 N–H and O–H groups in total. The van der Waals surface area contributed by atoms with Crippen molar-refractivity contribution in [3.05, 3.63) is 0 Å². The highest BCUT2D eigenvalue weighted by Crippen LogP contribution is 2.37. The van der Waals surface area contributed by atoms with Gasteiger partial charge in [0.15, 0.2) is 18.4 Å². The molecule has 0 saturated carbocycles. The van der Waals surface area contributed by atoms with Gasteiger partial charge in [0, 0.05) is 0 Å². The first-order valence-corrected chi connectivity index (χ1v) is 5.37. The largest absolute Gasteiger partial charge is 0.614 e. The van der Waals surface area contributed by atoms with E-state index >= 15 is 0 Å². The molecule has 0 radical (unpaired) electrons. The van der Waals surface area contributed by atoms with Crippen LogP contribution in [0.5, 0.6) is 0 Å². The molecule has 0 heterocycles. The van der Waals surface area contributed by atoms with E-state index in [1.54, 1.807) is 0 Å². The molecule has 8 heavy (non-hydrogen) atoms. The van der Waals surface area contributed by atoms with Gasteiger partial charge in [-0.15, -0.1) is 0 Å². The SMILES string of the molecule is O=P(O)(O)C=[P+]([O-])Cl. The van der Waals surface area contributed by atoms with Crippen molar-refractivity contribution in [1.29, 1.82) is 0 Å². The Balaban J connectivity index is 4.11. The number of halogens is 1. The van der Waals surface area contributed by atoms with Crippen molar-refractivity contribution in [2.24, 2.45) is 0 Å². The van der Waals surface area contributed by atoms with E-state index in [1.807, 2.05) is 0 Å². The molecule has 0 aromatic rings. The molecule has 0 amide bonds. The monoisotopic (exact) mass is 176 g/mol. The molecule has 1 atom stereocenters. The van der Waals surface area contributed by atoms with Crippen LogP contribution >= 0.6 is 26.0 Å². The minimum Gasteiger partial charge on any atom is -0.614 e. The van der Waals surface area contributed by atoms with Crippen molar-refractivity contribution >= 4 is 31.5 Å². The number of hydrogen-bond acceptors (Lipinski definition) is 2. The average molecular weight is 176 g/mol. The molecule has 0 aromatic heterocycles. The topological polar surface area (TPSA) is 80.6 Å². The van der Waals surface area contributed by atoms with Crippen LogP contribution in [0.15, 0.2) is 0 Å². The summed E-state index contributed by atoms with van der Waals surface area (Å²) >= 11 is 4.72. The van der Waals surface area contributed by atoms with Crippen molar-refractivity contribution in [3.63, 3.8) is 0 Å². The van der Waals surface area contributed by atoms with Gasteiger partial charge in [0.05, 0.1) is 0 Å². The van der Waals surface area contributed by atoms with Crippen LogP contribution in [0.25, 0.3) is 0 Å². The molecule has 0 rings (SSSR count). The summed E-state index contributed by atoms with van der Waals surface area (Å²) in [7, 11) is -6.62. The Kier molecular flexibility index (Phi) is 3.13. The third-order valence-electron chi connectivity index (χ3n) is 0.241. The standard InChI is InChI=1S/CH3ClO4P2/c2-7(3)1-8(4,5)6/h1H,(H2,4,5,6). The highest BCUT2D eigenvalue weighted by molar-refractivity contribution is 7.91.